The van der Waals surface area contributed by atoms with Crippen LogP contribution in [0.15, 0.2) is 28.1 Å². The van der Waals surface area contributed by atoms with Crippen LogP contribution in [-0.4, -0.2) is 64.1 Å². The van der Waals surface area contributed by atoms with E-state index in [-0.39, 0.29) is 18.8 Å². The molecule has 0 aliphatic carbocycles. The lowest BCUT2D eigenvalue weighted by atomic mass is 9.77. The molecule has 0 rings (SSSR count). The van der Waals surface area contributed by atoms with Gasteiger partial charge in [0.25, 0.3) is 0 Å². The Morgan fingerprint density at radius 1 is 1.17 bits per heavy atom. The summed E-state index contributed by atoms with van der Waals surface area (Å²) in [5.74, 6) is -1.01. The van der Waals surface area contributed by atoms with Gasteiger partial charge in [-0.15, -0.1) is 0 Å². The van der Waals surface area contributed by atoms with E-state index in [1.54, 1.807) is 46.2 Å². The zero-order valence-electron chi connectivity index (χ0n) is 22.6. The number of ether oxygens (including phenoxy) is 1. The number of aliphatic hydroxyl groups excluding tert-OH is 3. The summed E-state index contributed by atoms with van der Waals surface area (Å²) in [4.78, 5) is 29.3. The minimum Gasteiger partial charge on any atom is -0.458 e. The van der Waals surface area contributed by atoms with Crippen LogP contribution in [0.1, 0.15) is 86.5 Å². The first-order chi connectivity index (χ1) is 16.4. The number of hydrogen-bond acceptors (Lipinski definition) is 8. The summed E-state index contributed by atoms with van der Waals surface area (Å²) < 4.78 is 5.76. The van der Waals surface area contributed by atoms with Crippen LogP contribution in [-0.2, 0) is 14.3 Å². The number of unbranched alkanes of at least 4 members (excludes halogenated alkanes) is 2. The second-order valence-electron chi connectivity index (χ2n) is 9.77. The highest BCUT2D eigenvalue weighted by atomic mass is 32.2. The Hall–Kier alpha value is -1.48. The van der Waals surface area contributed by atoms with Gasteiger partial charge in [0, 0.05) is 31.2 Å². The van der Waals surface area contributed by atoms with Crippen LogP contribution in [0.3, 0.4) is 0 Å². The fourth-order valence-electron chi connectivity index (χ4n) is 3.49. The number of aliphatic imine (C=N–C) groups is 1. The highest BCUT2D eigenvalue weighted by Crippen LogP contribution is 2.29. The normalized spacial score (nSPS) is 16.7. The topological polar surface area (TPSA) is 116 Å². The summed E-state index contributed by atoms with van der Waals surface area (Å²) in [7, 11) is 1.61. The molecule has 0 saturated heterocycles. The van der Waals surface area contributed by atoms with Gasteiger partial charge in [0.1, 0.15) is 11.9 Å². The van der Waals surface area contributed by atoms with Crippen LogP contribution in [0.4, 0.5) is 0 Å². The van der Waals surface area contributed by atoms with Gasteiger partial charge in [-0.25, -0.2) is 0 Å². The minimum atomic E-state index is -0.763. The zero-order chi connectivity index (χ0) is 27.0. The molecule has 0 aromatic rings. The number of esters is 1. The SMILES string of the molecule is CCCCC[C@@H](O)C[C@H](OC(=O)CCC(C)(C)C(=O)[C@H](C)[C@H](C)O)/C(C)=C/C=C/S/C(CO)=N\C. The summed E-state index contributed by atoms with van der Waals surface area (Å²) in [6, 6.07) is 0. The first kappa shape index (κ1) is 33.5. The molecule has 202 valence electrons. The summed E-state index contributed by atoms with van der Waals surface area (Å²) in [6.45, 7) is 10.7. The Morgan fingerprint density at radius 3 is 2.37 bits per heavy atom. The van der Waals surface area contributed by atoms with Crippen molar-refractivity contribution in [3.8, 4) is 0 Å². The number of aliphatic hydroxyl groups is 3. The smallest absolute Gasteiger partial charge is 0.306 e. The summed E-state index contributed by atoms with van der Waals surface area (Å²) in [6.07, 6.45) is 6.05. The highest BCUT2D eigenvalue weighted by molar-refractivity contribution is 8.16. The molecule has 4 atom stereocenters. The molecular formula is C27H47NO6S. The van der Waals surface area contributed by atoms with E-state index in [1.807, 2.05) is 13.0 Å². The third kappa shape index (κ3) is 14.0. The summed E-state index contributed by atoms with van der Waals surface area (Å²) in [5, 5.41) is 31.8. The second kappa shape index (κ2) is 17.9. The largest absolute Gasteiger partial charge is 0.458 e. The molecule has 0 aromatic carbocycles. The van der Waals surface area contributed by atoms with E-state index in [0.717, 1.165) is 24.8 Å². The molecule has 0 saturated carbocycles. The molecule has 0 heterocycles. The molecule has 0 aliphatic heterocycles. The van der Waals surface area contributed by atoms with Crippen molar-refractivity contribution in [2.75, 3.05) is 13.7 Å². The van der Waals surface area contributed by atoms with E-state index >= 15 is 0 Å². The third-order valence-electron chi connectivity index (χ3n) is 6.19. The van der Waals surface area contributed by atoms with Gasteiger partial charge < -0.3 is 20.1 Å². The third-order valence-corrected chi connectivity index (χ3v) is 7.07. The van der Waals surface area contributed by atoms with Gasteiger partial charge in [-0.3, -0.25) is 14.6 Å². The van der Waals surface area contributed by atoms with Gasteiger partial charge in [0.2, 0.25) is 0 Å². The molecule has 8 heteroatoms. The number of carbonyl (C=O) groups excluding carboxylic acids is 2. The molecule has 0 unspecified atom stereocenters. The van der Waals surface area contributed by atoms with Gasteiger partial charge in [-0.1, -0.05) is 70.9 Å². The van der Waals surface area contributed by atoms with Crippen LogP contribution < -0.4 is 0 Å². The maximum absolute atomic E-state index is 12.7. The quantitative estimate of drug-likeness (QED) is 0.0838. The van der Waals surface area contributed by atoms with Gasteiger partial charge in [-0.2, -0.15) is 0 Å². The second-order valence-corrected chi connectivity index (χ2v) is 10.8. The van der Waals surface area contributed by atoms with Crippen molar-refractivity contribution in [3.05, 3.63) is 23.1 Å². The standard InChI is InChI=1S/C27H47NO6S/c1-8-9-10-13-22(31)17-23(19(2)12-11-16-35-24(18-29)28-7)34-25(32)14-15-27(5,6)26(33)20(3)21(4)30/h11-12,16,20-23,29-31H,8-10,13-15,17-18H2,1-7H3/b16-11+,19-12+,28-24-/t20-,21+,22-,23+/m1/s1. The number of rotatable bonds is 17. The van der Waals surface area contributed by atoms with Gasteiger partial charge in [0.05, 0.1) is 23.9 Å². The Kier molecular flexibility index (Phi) is 17.1. The van der Waals surface area contributed by atoms with Crippen molar-refractivity contribution in [1.29, 1.82) is 0 Å². The van der Waals surface area contributed by atoms with E-state index in [9.17, 15) is 24.9 Å². The molecule has 0 aromatic heterocycles. The number of thioether (sulfide) groups is 1. The fraction of sp³-hybridized carbons (Fsp3) is 0.741. The predicted octanol–water partition coefficient (Wildman–Crippen LogP) is 4.84. The number of Topliss-reactive ketones (excluding diaryl/α,β-unsaturated/α-hetero) is 1. The van der Waals surface area contributed by atoms with E-state index in [4.69, 9.17) is 4.74 Å². The molecule has 0 radical (unpaired) electrons. The molecular weight excluding hydrogens is 466 g/mol. The molecule has 0 fully saturated rings. The first-order valence-corrected chi connectivity index (χ1v) is 13.4. The average molecular weight is 514 g/mol. The van der Waals surface area contributed by atoms with Crippen molar-refractivity contribution in [2.24, 2.45) is 16.3 Å². The van der Waals surface area contributed by atoms with Gasteiger partial charge >= 0.3 is 5.97 Å². The lowest BCUT2D eigenvalue weighted by molar-refractivity contribution is -0.149. The van der Waals surface area contributed by atoms with E-state index in [1.165, 1.54) is 11.8 Å². The number of ketones is 1. The van der Waals surface area contributed by atoms with Gasteiger partial charge in [0.15, 0.2) is 0 Å². The van der Waals surface area contributed by atoms with Crippen LogP contribution >= 0.6 is 11.8 Å². The van der Waals surface area contributed by atoms with Crippen LogP contribution in [0.2, 0.25) is 0 Å². The molecule has 0 aliphatic rings. The first-order valence-electron chi connectivity index (χ1n) is 12.6. The van der Waals surface area contributed by atoms with Crippen LogP contribution in [0.5, 0.6) is 0 Å². The molecule has 7 nitrogen and oxygen atoms in total. The van der Waals surface area contributed by atoms with Crippen molar-refractivity contribution in [2.45, 2.75) is 105 Å². The van der Waals surface area contributed by atoms with E-state index < -0.39 is 35.6 Å². The summed E-state index contributed by atoms with van der Waals surface area (Å²) in [5.41, 5.74) is 0.0301. The van der Waals surface area contributed by atoms with E-state index in [0.29, 0.717) is 24.3 Å². The average Bonchev–Trinajstić information content (AvgIpc) is 2.81. The van der Waals surface area contributed by atoms with E-state index in [2.05, 4.69) is 11.9 Å². The molecule has 0 amide bonds. The zero-order valence-corrected chi connectivity index (χ0v) is 23.4. The lowest BCUT2D eigenvalue weighted by Gasteiger charge is -2.28. The van der Waals surface area contributed by atoms with Crippen LogP contribution in [0.25, 0.3) is 0 Å². The molecule has 3 N–H and O–H groups in total. The number of nitrogens with zero attached hydrogens (tertiary/aromatic N) is 1. The van der Waals surface area contributed by atoms with Crippen molar-refractivity contribution in [3.63, 3.8) is 0 Å². The maximum atomic E-state index is 12.7. The van der Waals surface area contributed by atoms with Crippen LogP contribution in [0, 0.1) is 11.3 Å². The lowest BCUT2D eigenvalue weighted by Crippen LogP contribution is -2.35. The molecule has 35 heavy (non-hydrogen) atoms. The highest BCUT2D eigenvalue weighted by Gasteiger charge is 2.34. The number of carbonyl (C=O) groups is 2. The number of hydrogen-bond donors (Lipinski definition) is 3. The number of allylic oxidation sites excluding steroid dienone is 2. The Labute approximate surface area is 216 Å². The minimum absolute atomic E-state index is 0.0689. The summed E-state index contributed by atoms with van der Waals surface area (Å²) >= 11 is 1.30. The molecule has 0 spiro atoms. The fourth-order valence-corrected chi connectivity index (χ4v) is 3.98. The van der Waals surface area contributed by atoms with Crippen molar-refractivity contribution >= 4 is 28.6 Å². The Morgan fingerprint density at radius 2 is 1.83 bits per heavy atom. The Bertz CT molecular complexity index is 729. The maximum Gasteiger partial charge on any atom is 0.306 e. The Balaban J connectivity index is 5.28. The van der Waals surface area contributed by atoms with Crippen molar-refractivity contribution < 1.29 is 29.6 Å². The van der Waals surface area contributed by atoms with Gasteiger partial charge in [-0.05, 0) is 37.7 Å². The predicted molar refractivity (Wildman–Crippen MR) is 144 cm³/mol. The molecule has 0 bridgehead atoms. The van der Waals surface area contributed by atoms with Crippen molar-refractivity contribution in [1.82, 2.24) is 0 Å². The monoisotopic (exact) mass is 513 g/mol.